The van der Waals surface area contributed by atoms with Crippen LogP contribution in [0.1, 0.15) is 19.5 Å². The second kappa shape index (κ2) is 4.51. The van der Waals surface area contributed by atoms with Crippen molar-refractivity contribution in [1.29, 1.82) is 0 Å². The minimum atomic E-state index is -0.191. The van der Waals surface area contributed by atoms with Gasteiger partial charge in [0.25, 0.3) is 0 Å². The molecule has 1 aromatic heterocycles. The fraction of sp³-hybridized carbons (Fsp3) is 0.308. The summed E-state index contributed by atoms with van der Waals surface area (Å²) in [6.07, 6.45) is 1.64. The number of hydrogen-bond acceptors (Lipinski definition) is 3. The minimum Gasteiger partial charge on any atom is -0.444 e. The highest BCUT2D eigenvalue weighted by atomic mass is 35.5. The van der Waals surface area contributed by atoms with Crippen LogP contribution in [0.4, 0.5) is 0 Å². The maximum Gasteiger partial charge on any atom is 0.227 e. The zero-order valence-corrected chi connectivity index (χ0v) is 10.7. The molecule has 3 nitrogen and oxygen atoms in total. The molecule has 0 unspecified atom stereocenters. The molecule has 2 aromatic rings. The van der Waals surface area contributed by atoms with Crippen molar-refractivity contribution in [3.05, 3.63) is 41.2 Å². The van der Waals surface area contributed by atoms with Gasteiger partial charge >= 0.3 is 0 Å². The monoisotopic (exact) mass is 250 g/mol. The van der Waals surface area contributed by atoms with E-state index in [1.165, 1.54) is 0 Å². The first-order valence-electron chi connectivity index (χ1n) is 5.45. The average Bonchev–Trinajstić information content (AvgIpc) is 2.79. The van der Waals surface area contributed by atoms with Crippen LogP contribution < -0.4 is 5.73 Å². The second-order valence-electron chi connectivity index (χ2n) is 4.61. The van der Waals surface area contributed by atoms with Gasteiger partial charge in [0.1, 0.15) is 6.26 Å². The van der Waals surface area contributed by atoms with Crippen molar-refractivity contribution < 1.29 is 4.42 Å². The van der Waals surface area contributed by atoms with Gasteiger partial charge in [-0.25, -0.2) is 4.98 Å². The van der Waals surface area contributed by atoms with Crippen LogP contribution in [0.2, 0.25) is 5.02 Å². The topological polar surface area (TPSA) is 52.0 Å². The van der Waals surface area contributed by atoms with Crippen LogP contribution in [0.25, 0.3) is 11.5 Å². The molecule has 2 rings (SSSR count). The van der Waals surface area contributed by atoms with E-state index in [9.17, 15) is 0 Å². The molecule has 0 saturated carbocycles. The van der Waals surface area contributed by atoms with Crippen molar-refractivity contribution in [2.45, 2.75) is 19.3 Å². The minimum absolute atomic E-state index is 0.191. The average molecular weight is 251 g/mol. The van der Waals surface area contributed by atoms with Gasteiger partial charge in [-0.05, 0) is 12.1 Å². The van der Waals surface area contributed by atoms with Crippen LogP contribution in [0.15, 0.2) is 34.9 Å². The SMILES string of the molecule is CC(C)(CN)c1coc(-c2ccccc2Cl)n1. The van der Waals surface area contributed by atoms with E-state index in [2.05, 4.69) is 4.98 Å². The third-order valence-corrected chi connectivity index (χ3v) is 3.14. The highest BCUT2D eigenvalue weighted by Gasteiger charge is 2.23. The molecule has 0 radical (unpaired) electrons. The molecule has 0 bridgehead atoms. The normalized spacial score (nSPS) is 11.8. The third kappa shape index (κ3) is 2.35. The van der Waals surface area contributed by atoms with E-state index in [1.807, 2.05) is 38.1 Å². The van der Waals surface area contributed by atoms with Crippen molar-refractivity contribution >= 4 is 11.6 Å². The number of hydrogen-bond donors (Lipinski definition) is 1. The molecule has 2 N–H and O–H groups in total. The second-order valence-corrected chi connectivity index (χ2v) is 5.01. The lowest BCUT2D eigenvalue weighted by Gasteiger charge is -2.18. The Balaban J connectivity index is 2.40. The van der Waals surface area contributed by atoms with Gasteiger partial charge in [-0.15, -0.1) is 0 Å². The summed E-state index contributed by atoms with van der Waals surface area (Å²) >= 11 is 6.09. The number of oxazole rings is 1. The Morgan fingerprint density at radius 2 is 2.06 bits per heavy atom. The standard InChI is InChI=1S/C13H15ClN2O/c1-13(2,8-15)11-7-17-12(16-11)9-5-3-4-6-10(9)14/h3-7H,8,15H2,1-2H3. The molecule has 4 heteroatoms. The number of nitrogens with zero attached hydrogens (tertiary/aromatic N) is 1. The van der Waals surface area contributed by atoms with Crippen molar-refractivity contribution in [3.63, 3.8) is 0 Å². The van der Waals surface area contributed by atoms with Gasteiger partial charge in [0, 0.05) is 12.0 Å². The van der Waals surface area contributed by atoms with Crippen molar-refractivity contribution in [2.75, 3.05) is 6.54 Å². The van der Waals surface area contributed by atoms with Gasteiger partial charge in [-0.1, -0.05) is 37.6 Å². The van der Waals surface area contributed by atoms with Crippen LogP contribution in [-0.2, 0) is 5.41 Å². The molecular formula is C13H15ClN2O. The first-order valence-corrected chi connectivity index (χ1v) is 5.83. The zero-order chi connectivity index (χ0) is 12.5. The molecule has 90 valence electrons. The Labute approximate surface area is 106 Å². The molecule has 1 heterocycles. The largest absolute Gasteiger partial charge is 0.444 e. The quantitative estimate of drug-likeness (QED) is 0.910. The summed E-state index contributed by atoms with van der Waals surface area (Å²) in [4.78, 5) is 4.45. The summed E-state index contributed by atoms with van der Waals surface area (Å²) in [6.45, 7) is 4.57. The first kappa shape index (κ1) is 12.1. The van der Waals surface area contributed by atoms with Gasteiger partial charge in [0.05, 0.1) is 16.3 Å². The maximum absolute atomic E-state index is 6.09. The van der Waals surface area contributed by atoms with E-state index < -0.39 is 0 Å². The Morgan fingerprint density at radius 3 is 2.71 bits per heavy atom. The zero-order valence-electron chi connectivity index (χ0n) is 9.90. The fourth-order valence-electron chi connectivity index (χ4n) is 1.45. The van der Waals surface area contributed by atoms with E-state index in [0.717, 1.165) is 11.3 Å². The number of rotatable bonds is 3. The molecular weight excluding hydrogens is 236 g/mol. The lowest BCUT2D eigenvalue weighted by molar-refractivity contribution is 0.512. The van der Waals surface area contributed by atoms with Gasteiger partial charge in [0.2, 0.25) is 5.89 Å². The summed E-state index contributed by atoms with van der Waals surface area (Å²) in [5.41, 5.74) is 7.16. The molecule has 0 fully saturated rings. The molecule has 0 atom stereocenters. The highest BCUT2D eigenvalue weighted by Crippen LogP contribution is 2.29. The summed E-state index contributed by atoms with van der Waals surface area (Å²) in [5.74, 6) is 0.534. The van der Waals surface area contributed by atoms with Crippen LogP contribution >= 0.6 is 11.6 Å². The van der Waals surface area contributed by atoms with Gasteiger partial charge in [0.15, 0.2) is 0 Å². The molecule has 0 aliphatic rings. The maximum atomic E-state index is 6.09. The van der Waals surface area contributed by atoms with E-state index in [0.29, 0.717) is 17.5 Å². The first-order chi connectivity index (χ1) is 8.04. The molecule has 17 heavy (non-hydrogen) atoms. The molecule has 0 aliphatic heterocycles. The summed E-state index contributed by atoms with van der Waals surface area (Å²) in [6, 6.07) is 7.47. The predicted molar refractivity (Wildman–Crippen MR) is 69.0 cm³/mol. The summed E-state index contributed by atoms with van der Waals surface area (Å²) in [5, 5.41) is 0.631. The van der Waals surface area contributed by atoms with Crippen molar-refractivity contribution in [3.8, 4) is 11.5 Å². The summed E-state index contributed by atoms with van der Waals surface area (Å²) < 4.78 is 5.47. The van der Waals surface area contributed by atoms with Gasteiger partial charge in [-0.2, -0.15) is 0 Å². The van der Waals surface area contributed by atoms with E-state index in [-0.39, 0.29) is 5.41 Å². The fourth-order valence-corrected chi connectivity index (χ4v) is 1.66. The van der Waals surface area contributed by atoms with Crippen LogP contribution in [-0.4, -0.2) is 11.5 Å². The Bertz CT molecular complexity index is 520. The van der Waals surface area contributed by atoms with Crippen LogP contribution in [0.5, 0.6) is 0 Å². The number of aromatic nitrogens is 1. The van der Waals surface area contributed by atoms with Crippen LogP contribution in [0.3, 0.4) is 0 Å². The Morgan fingerprint density at radius 1 is 1.35 bits per heavy atom. The number of nitrogens with two attached hydrogens (primary N) is 1. The third-order valence-electron chi connectivity index (χ3n) is 2.81. The number of halogens is 1. The van der Waals surface area contributed by atoms with Crippen molar-refractivity contribution in [2.24, 2.45) is 5.73 Å². The highest BCUT2D eigenvalue weighted by molar-refractivity contribution is 6.33. The van der Waals surface area contributed by atoms with Crippen molar-refractivity contribution in [1.82, 2.24) is 4.98 Å². The number of benzene rings is 1. The molecule has 1 aromatic carbocycles. The molecule has 0 spiro atoms. The smallest absolute Gasteiger partial charge is 0.227 e. The Hall–Kier alpha value is -1.32. The predicted octanol–water partition coefficient (Wildman–Crippen LogP) is 3.23. The lowest BCUT2D eigenvalue weighted by Crippen LogP contribution is -2.28. The molecule has 0 saturated heterocycles. The van der Waals surface area contributed by atoms with E-state index in [1.54, 1.807) is 6.26 Å². The molecule has 0 amide bonds. The Kier molecular flexibility index (Phi) is 3.22. The van der Waals surface area contributed by atoms with E-state index >= 15 is 0 Å². The van der Waals surface area contributed by atoms with Crippen LogP contribution in [0, 0.1) is 0 Å². The van der Waals surface area contributed by atoms with Gasteiger partial charge in [-0.3, -0.25) is 0 Å². The molecule has 0 aliphatic carbocycles. The van der Waals surface area contributed by atoms with Gasteiger partial charge < -0.3 is 10.2 Å². The van der Waals surface area contributed by atoms with E-state index in [4.69, 9.17) is 21.8 Å². The summed E-state index contributed by atoms with van der Waals surface area (Å²) in [7, 11) is 0. The lowest BCUT2D eigenvalue weighted by atomic mass is 9.90.